The number of esters is 1. The van der Waals surface area contributed by atoms with Crippen LogP contribution < -0.4 is 0 Å². The van der Waals surface area contributed by atoms with E-state index in [-0.39, 0.29) is 5.78 Å². The van der Waals surface area contributed by atoms with Gasteiger partial charge in [0.05, 0.1) is 23.4 Å². The molecule has 0 atom stereocenters. The van der Waals surface area contributed by atoms with E-state index in [9.17, 15) is 9.59 Å². The molecule has 23 heavy (non-hydrogen) atoms. The molecule has 0 aliphatic rings. The summed E-state index contributed by atoms with van der Waals surface area (Å²) >= 11 is 0. The Morgan fingerprint density at radius 3 is 2.52 bits per heavy atom. The first-order valence-electron chi connectivity index (χ1n) is 7.59. The molecule has 0 bridgehead atoms. The minimum atomic E-state index is -0.400. The van der Waals surface area contributed by atoms with Crippen molar-refractivity contribution >= 4 is 17.3 Å². The van der Waals surface area contributed by atoms with E-state index in [4.69, 9.17) is 4.74 Å². The largest absolute Gasteiger partial charge is 0.462 e. The zero-order valence-electron chi connectivity index (χ0n) is 12.9. The average molecular weight is 307 g/mol. The van der Waals surface area contributed by atoms with Crippen molar-refractivity contribution in [2.75, 3.05) is 6.61 Å². The first-order valence-corrected chi connectivity index (χ1v) is 7.59. The van der Waals surface area contributed by atoms with Crippen LogP contribution in [0.25, 0.3) is 5.52 Å². The van der Waals surface area contributed by atoms with Gasteiger partial charge < -0.3 is 9.14 Å². The van der Waals surface area contributed by atoms with Gasteiger partial charge in [-0.1, -0.05) is 43.3 Å². The second-order valence-corrected chi connectivity index (χ2v) is 5.23. The number of carbonyl (C=O) groups is 2. The summed E-state index contributed by atoms with van der Waals surface area (Å²) in [5.41, 5.74) is 2.13. The third kappa shape index (κ3) is 2.88. The molecule has 0 spiro atoms. The summed E-state index contributed by atoms with van der Waals surface area (Å²) in [5.74, 6) is -0.524. The first kappa shape index (κ1) is 15.0. The molecule has 0 aliphatic heterocycles. The van der Waals surface area contributed by atoms with Crippen LogP contribution in [0.3, 0.4) is 0 Å². The van der Waals surface area contributed by atoms with Gasteiger partial charge in [-0.2, -0.15) is 0 Å². The minimum Gasteiger partial charge on any atom is -0.462 e. The molecule has 2 heterocycles. The molecule has 3 aromatic rings. The molecule has 0 fully saturated rings. The number of pyridine rings is 1. The lowest BCUT2D eigenvalue weighted by atomic mass is 10.1. The molecule has 0 saturated heterocycles. The molecule has 3 rings (SSSR count). The maximum Gasteiger partial charge on any atom is 0.340 e. The van der Waals surface area contributed by atoms with E-state index in [1.54, 1.807) is 28.8 Å². The molecule has 116 valence electrons. The van der Waals surface area contributed by atoms with Crippen molar-refractivity contribution in [1.29, 1.82) is 0 Å². The van der Waals surface area contributed by atoms with E-state index >= 15 is 0 Å². The van der Waals surface area contributed by atoms with Crippen LogP contribution in [-0.4, -0.2) is 22.8 Å². The number of ketones is 1. The van der Waals surface area contributed by atoms with Crippen LogP contribution in [0, 0.1) is 0 Å². The highest BCUT2D eigenvalue weighted by Gasteiger charge is 2.20. The van der Waals surface area contributed by atoms with E-state index < -0.39 is 5.97 Å². The number of fused-ring (bicyclic) bond motifs is 1. The van der Waals surface area contributed by atoms with Crippen molar-refractivity contribution in [2.45, 2.75) is 13.3 Å². The molecule has 0 saturated carbocycles. The van der Waals surface area contributed by atoms with Gasteiger partial charge in [-0.15, -0.1) is 0 Å². The Hall–Kier alpha value is -2.88. The summed E-state index contributed by atoms with van der Waals surface area (Å²) in [6.45, 7) is 2.31. The van der Waals surface area contributed by atoms with Crippen molar-refractivity contribution in [3.8, 4) is 0 Å². The van der Waals surface area contributed by atoms with Crippen molar-refractivity contribution in [3.05, 3.63) is 77.6 Å². The van der Waals surface area contributed by atoms with Gasteiger partial charge in [0.25, 0.3) is 0 Å². The Labute approximate surface area is 134 Å². The summed E-state index contributed by atoms with van der Waals surface area (Å²) in [7, 11) is 0. The van der Waals surface area contributed by atoms with Crippen LogP contribution >= 0.6 is 0 Å². The molecule has 0 amide bonds. The third-order valence-corrected chi connectivity index (χ3v) is 3.60. The van der Waals surface area contributed by atoms with Gasteiger partial charge in [0.1, 0.15) is 0 Å². The van der Waals surface area contributed by atoms with Crippen LogP contribution in [0.2, 0.25) is 0 Å². The van der Waals surface area contributed by atoms with E-state index in [2.05, 4.69) is 0 Å². The average Bonchev–Trinajstić information content (AvgIpc) is 2.99. The quantitative estimate of drug-likeness (QED) is 0.533. The number of hydrogen-bond donors (Lipinski definition) is 0. The smallest absolute Gasteiger partial charge is 0.340 e. The monoisotopic (exact) mass is 307 g/mol. The second kappa shape index (κ2) is 6.48. The molecular formula is C19H17NO3. The Balaban J connectivity index is 2.08. The number of ether oxygens (including phenoxy) is 1. The number of benzene rings is 1. The molecule has 0 N–H and O–H groups in total. The maximum atomic E-state index is 12.7. The van der Waals surface area contributed by atoms with E-state index in [0.29, 0.717) is 28.9 Å². The standard InChI is InChI=1S/C19H17NO3/c1-2-12-23-19(22)15-13-17(20-11-7-6-10-16(15)20)18(21)14-8-4-3-5-9-14/h3-11,13H,2,12H2,1H3. The molecule has 2 aromatic heterocycles. The van der Waals surface area contributed by atoms with Crippen molar-refractivity contribution in [1.82, 2.24) is 4.40 Å². The molecule has 0 aliphatic carbocycles. The Morgan fingerprint density at radius 1 is 1.04 bits per heavy atom. The topological polar surface area (TPSA) is 47.8 Å². The minimum absolute atomic E-state index is 0.124. The Kier molecular flexibility index (Phi) is 4.24. The number of hydrogen-bond acceptors (Lipinski definition) is 3. The molecule has 1 aromatic carbocycles. The lowest BCUT2D eigenvalue weighted by Gasteiger charge is -2.02. The predicted molar refractivity (Wildman–Crippen MR) is 87.8 cm³/mol. The first-order chi connectivity index (χ1) is 11.2. The van der Waals surface area contributed by atoms with Gasteiger partial charge >= 0.3 is 5.97 Å². The summed E-state index contributed by atoms with van der Waals surface area (Å²) < 4.78 is 6.95. The highest BCUT2D eigenvalue weighted by atomic mass is 16.5. The van der Waals surface area contributed by atoms with Crippen LogP contribution in [0.4, 0.5) is 0 Å². The number of nitrogens with zero attached hydrogens (tertiary/aromatic N) is 1. The zero-order chi connectivity index (χ0) is 16.2. The van der Waals surface area contributed by atoms with Crippen LogP contribution in [0.5, 0.6) is 0 Å². The predicted octanol–water partition coefficient (Wildman–Crippen LogP) is 3.74. The zero-order valence-corrected chi connectivity index (χ0v) is 12.9. The summed E-state index contributed by atoms with van der Waals surface area (Å²) in [6, 6.07) is 16.1. The van der Waals surface area contributed by atoms with Crippen molar-refractivity contribution < 1.29 is 14.3 Å². The van der Waals surface area contributed by atoms with Gasteiger partial charge in [-0.05, 0) is 24.6 Å². The molecule has 0 unspecified atom stereocenters. The van der Waals surface area contributed by atoms with Gasteiger partial charge in [0.2, 0.25) is 5.78 Å². The lowest BCUT2D eigenvalue weighted by molar-refractivity contribution is 0.0507. The highest BCUT2D eigenvalue weighted by molar-refractivity contribution is 6.11. The van der Waals surface area contributed by atoms with Gasteiger partial charge in [0.15, 0.2) is 0 Å². The summed E-state index contributed by atoms with van der Waals surface area (Å²) in [5, 5.41) is 0. The van der Waals surface area contributed by atoms with E-state index in [0.717, 1.165) is 6.42 Å². The van der Waals surface area contributed by atoms with Crippen LogP contribution in [0.1, 0.15) is 39.8 Å². The Morgan fingerprint density at radius 2 is 1.78 bits per heavy atom. The molecular weight excluding hydrogens is 290 g/mol. The molecule has 4 heteroatoms. The SMILES string of the molecule is CCCOC(=O)c1cc(C(=O)c2ccccc2)n2ccccc12. The summed E-state index contributed by atoms with van der Waals surface area (Å²) in [4.78, 5) is 25.0. The Bertz CT molecular complexity index is 849. The second-order valence-electron chi connectivity index (χ2n) is 5.23. The summed E-state index contributed by atoms with van der Waals surface area (Å²) in [6.07, 6.45) is 2.54. The van der Waals surface area contributed by atoms with Crippen molar-refractivity contribution in [3.63, 3.8) is 0 Å². The van der Waals surface area contributed by atoms with Crippen molar-refractivity contribution in [2.24, 2.45) is 0 Å². The van der Waals surface area contributed by atoms with Gasteiger partial charge in [0, 0.05) is 11.8 Å². The highest BCUT2D eigenvalue weighted by Crippen LogP contribution is 2.21. The number of aromatic nitrogens is 1. The fourth-order valence-corrected chi connectivity index (χ4v) is 2.50. The fourth-order valence-electron chi connectivity index (χ4n) is 2.50. The van der Waals surface area contributed by atoms with E-state index in [1.807, 2.05) is 43.3 Å². The third-order valence-electron chi connectivity index (χ3n) is 3.60. The molecule has 0 radical (unpaired) electrons. The number of rotatable bonds is 5. The maximum absolute atomic E-state index is 12.7. The van der Waals surface area contributed by atoms with Crippen LogP contribution in [-0.2, 0) is 4.74 Å². The lowest BCUT2D eigenvalue weighted by Crippen LogP contribution is -2.05. The van der Waals surface area contributed by atoms with Gasteiger partial charge in [-0.25, -0.2) is 4.79 Å². The molecule has 4 nitrogen and oxygen atoms in total. The van der Waals surface area contributed by atoms with E-state index in [1.165, 1.54) is 0 Å². The fraction of sp³-hybridized carbons (Fsp3) is 0.158. The van der Waals surface area contributed by atoms with Crippen LogP contribution in [0.15, 0.2) is 60.8 Å². The van der Waals surface area contributed by atoms with Gasteiger partial charge in [-0.3, -0.25) is 4.79 Å². The normalized spacial score (nSPS) is 10.7. The number of carbonyl (C=O) groups excluding carboxylic acids is 2.